The predicted molar refractivity (Wildman–Crippen MR) is 90.0 cm³/mol. The van der Waals surface area contributed by atoms with Gasteiger partial charge in [-0.2, -0.15) is 0 Å². The molecule has 0 radical (unpaired) electrons. The highest BCUT2D eigenvalue weighted by Gasteiger charge is 2.23. The molecule has 2 atom stereocenters. The van der Waals surface area contributed by atoms with Crippen molar-refractivity contribution in [2.75, 3.05) is 0 Å². The number of hydrogen-bond acceptors (Lipinski definition) is 3. The van der Waals surface area contributed by atoms with Gasteiger partial charge in [0, 0.05) is 22.8 Å². The molecule has 1 aromatic carbocycles. The number of ether oxygens (including phenoxy) is 1. The zero-order valence-electron chi connectivity index (χ0n) is 11.4. The second-order valence-electron chi connectivity index (χ2n) is 4.56. The van der Waals surface area contributed by atoms with Crippen LogP contribution in [0.25, 0.3) is 0 Å². The largest absolute Gasteiger partial charge is 0.481 e. The van der Waals surface area contributed by atoms with Crippen molar-refractivity contribution >= 4 is 39.1 Å². The number of nitrogens with two attached hydrogens (primary N) is 1. The van der Waals surface area contributed by atoms with E-state index in [4.69, 9.17) is 33.7 Å². The molecule has 6 heteroatoms. The van der Waals surface area contributed by atoms with Crippen molar-refractivity contribution in [3.05, 3.63) is 56.7 Å². The average molecular weight is 390 g/mol. The molecule has 0 spiro atoms. The minimum absolute atomic E-state index is 0.196. The molecule has 2 unspecified atom stereocenters. The normalized spacial score (nSPS) is 13.8. The molecule has 0 bridgehead atoms. The minimum Gasteiger partial charge on any atom is -0.481 e. The Hall–Kier alpha value is -0.810. The van der Waals surface area contributed by atoms with Crippen LogP contribution in [-0.2, 0) is 0 Å². The lowest BCUT2D eigenvalue weighted by Gasteiger charge is -2.24. The summed E-state index contributed by atoms with van der Waals surface area (Å²) < 4.78 is 6.71. The molecular weight excluding hydrogens is 375 g/mol. The van der Waals surface area contributed by atoms with Gasteiger partial charge in [-0.25, -0.2) is 0 Å². The highest BCUT2D eigenvalue weighted by molar-refractivity contribution is 9.10. The molecule has 112 valence electrons. The Bertz CT molecular complexity index is 610. The van der Waals surface area contributed by atoms with Crippen molar-refractivity contribution in [3.63, 3.8) is 0 Å². The smallest absolute Gasteiger partial charge is 0.156 e. The number of aromatic nitrogens is 1. The fourth-order valence-electron chi connectivity index (χ4n) is 1.86. The van der Waals surface area contributed by atoms with E-state index in [1.165, 1.54) is 0 Å². The van der Waals surface area contributed by atoms with Crippen molar-refractivity contribution < 1.29 is 4.74 Å². The van der Waals surface area contributed by atoms with Gasteiger partial charge in [-0.1, -0.05) is 36.2 Å². The van der Waals surface area contributed by atoms with Crippen LogP contribution in [0.4, 0.5) is 0 Å². The quantitative estimate of drug-likeness (QED) is 0.731. The lowest BCUT2D eigenvalue weighted by Crippen LogP contribution is -2.32. The summed E-state index contributed by atoms with van der Waals surface area (Å²) in [7, 11) is 0. The van der Waals surface area contributed by atoms with E-state index in [0.717, 1.165) is 16.6 Å². The van der Waals surface area contributed by atoms with Crippen LogP contribution in [0.15, 0.2) is 41.0 Å². The van der Waals surface area contributed by atoms with Gasteiger partial charge in [0.15, 0.2) is 6.10 Å². The zero-order valence-corrected chi connectivity index (χ0v) is 14.5. The third-order valence-electron chi connectivity index (χ3n) is 3.07. The SMILES string of the molecule is CCC(N)C(Oc1cc(Cl)c(Br)cc1Cl)c1ccccn1. The lowest BCUT2D eigenvalue weighted by atomic mass is 10.1. The summed E-state index contributed by atoms with van der Waals surface area (Å²) in [6.07, 6.45) is 2.08. The summed E-state index contributed by atoms with van der Waals surface area (Å²) in [6, 6.07) is 8.81. The number of halogens is 3. The Balaban J connectivity index is 2.34. The van der Waals surface area contributed by atoms with Crippen LogP contribution < -0.4 is 10.5 Å². The van der Waals surface area contributed by atoms with Crippen LogP contribution >= 0.6 is 39.1 Å². The molecule has 21 heavy (non-hydrogen) atoms. The zero-order chi connectivity index (χ0) is 15.4. The molecule has 0 fully saturated rings. The number of rotatable bonds is 5. The summed E-state index contributed by atoms with van der Waals surface area (Å²) in [5.41, 5.74) is 6.93. The molecule has 0 amide bonds. The van der Waals surface area contributed by atoms with Crippen molar-refractivity contribution in [1.82, 2.24) is 4.98 Å². The summed E-state index contributed by atoms with van der Waals surface area (Å²) in [4.78, 5) is 4.32. The van der Waals surface area contributed by atoms with Gasteiger partial charge >= 0.3 is 0 Å². The monoisotopic (exact) mass is 388 g/mol. The minimum atomic E-state index is -0.383. The number of nitrogens with zero attached hydrogens (tertiary/aromatic N) is 1. The maximum Gasteiger partial charge on any atom is 0.156 e. The van der Waals surface area contributed by atoms with Crippen LogP contribution in [0.3, 0.4) is 0 Å². The van der Waals surface area contributed by atoms with Gasteiger partial charge in [-0.05, 0) is 40.5 Å². The Morgan fingerprint density at radius 1 is 1.29 bits per heavy atom. The summed E-state index contributed by atoms with van der Waals surface area (Å²) >= 11 is 15.6. The Labute approximate surface area is 142 Å². The summed E-state index contributed by atoms with van der Waals surface area (Å²) in [5, 5.41) is 0.995. The molecule has 3 nitrogen and oxygen atoms in total. The van der Waals surface area contributed by atoms with Gasteiger partial charge in [0.2, 0.25) is 0 Å². The number of benzene rings is 1. The first-order chi connectivity index (χ1) is 10.0. The first-order valence-corrected chi connectivity index (χ1v) is 8.05. The van der Waals surface area contributed by atoms with Crippen LogP contribution in [0.2, 0.25) is 10.0 Å². The molecule has 1 heterocycles. The van der Waals surface area contributed by atoms with Crippen LogP contribution in [-0.4, -0.2) is 11.0 Å². The number of hydrogen-bond donors (Lipinski definition) is 1. The average Bonchev–Trinajstić information content (AvgIpc) is 2.49. The molecule has 2 aromatic rings. The third-order valence-corrected chi connectivity index (χ3v) is 4.56. The van der Waals surface area contributed by atoms with Crippen molar-refractivity contribution in [2.45, 2.75) is 25.5 Å². The van der Waals surface area contributed by atoms with Crippen molar-refractivity contribution in [2.24, 2.45) is 5.73 Å². The van der Waals surface area contributed by atoms with Gasteiger partial charge in [-0.3, -0.25) is 4.98 Å². The van der Waals surface area contributed by atoms with E-state index in [1.54, 1.807) is 18.3 Å². The van der Waals surface area contributed by atoms with E-state index in [1.807, 2.05) is 25.1 Å². The Morgan fingerprint density at radius 2 is 2.05 bits per heavy atom. The molecule has 2 N–H and O–H groups in total. The van der Waals surface area contributed by atoms with E-state index >= 15 is 0 Å². The third kappa shape index (κ3) is 4.10. The second-order valence-corrected chi connectivity index (χ2v) is 6.23. The van der Waals surface area contributed by atoms with E-state index in [9.17, 15) is 0 Å². The fraction of sp³-hybridized carbons (Fsp3) is 0.267. The van der Waals surface area contributed by atoms with E-state index in [0.29, 0.717) is 15.8 Å². The molecule has 2 rings (SSSR count). The van der Waals surface area contributed by atoms with Gasteiger partial charge in [0.25, 0.3) is 0 Å². The van der Waals surface area contributed by atoms with Gasteiger partial charge < -0.3 is 10.5 Å². The van der Waals surface area contributed by atoms with Gasteiger partial charge in [-0.15, -0.1) is 0 Å². The maximum atomic E-state index is 6.21. The lowest BCUT2D eigenvalue weighted by molar-refractivity contribution is 0.166. The summed E-state index contributed by atoms with van der Waals surface area (Å²) in [5.74, 6) is 0.490. The first-order valence-electron chi connectivity index (χ1n) is 6.50. The standard InChI is InChI=1S/C15H15BrCl2N2O/c1-2-12(19)15(13-5-3-4-6-20-13)21-14-8-10(17)9(16)7-11(14)18/h3-8,12,15H,2,19H2,1H3. The van der Waals surface area contributed by atoms with Crippen LogP contribution in [0.5, 0.6) is 5.75 Å². The van der Waals surface area contributed by atoms with E-state index < -0.39 is 0 Å². The van der Waals surface area contributed by atoms with Gasteiger partial charge in [0.05, 0.1) is 15.7 Å². The highest BCUT2D eigenvalue weighted by atomic mass is 79.9. The Morgan fingerprint density at radius 3 is 2.67 bits per heavy atom. The van der Waals surface area contributed by atoms with Crippen molar-refractivity contribution in [3.8, 4) is 5.75 Å². The Kier molecular flexibility index (Phi) is 5.88. The maximum absolute atomic E-state index is 6.21. The van der Waals surface area contributed by atoms with Gasteiger partial charge in [0.1, 0.15) is 5.75 Å². The van der Waals surface area contributed by atoms with Crippen LogP contribution in [0.1, 0.15) is 25.1 Å². The topological polar surface area (TPSA) is 48.1 Å². The molecular formula is C15H15BrCl2N2O. The van der Waals surface area contributed by atoms with Crippen molar-refractivity contribution in [1.29, 1.82) is 0 Å². The predicted octanol–water partition coefficient (Wildman–Crippen LogP) is 5.01. The van der Waals surface area contributed by atoms with E-state index in [-0.39, 0.29) is 12.1 Å². The van der Waals surface area contributed by atoms with Crippen LogP contribution in [0, 0.1) is 0 Å². The highest BCUT2D eigenvalue weighted by Crippen LogP contribution is 2.36. The second kappa shape index (κ2) is 7.45. The molecule has 0 aliphatic heterocycles. The molecule has 1 aromatic heterocycles. The number of pyridine rings is 1. The fourth-order valence-corrected chi connectivity index (χ4v) is 2.69. The molecule has 0 aliphatic rings. The summed E-state index contributed by atoms with van der Waals surface area (Å²) in [6.45, 7) is 2.00. The molecule has 0 aliphatic carbocycles. The first kappa shape index (κ1) is 16.6. The molecule has 0 saturated carbocycles. The molecule has 0 saturated heterocycles. The van der Waals surface area contributed by atoms with E-state index in [2.05, 4.69) is 20.9 Å².